The van der Waals surface area contributed by atoms with Crippen molar-refractivity contribution in [2.45, 2.75) is 25.4 Å². The third kappa shape index (κ3) is 2.92. The van der Waals surface area contributed by atoms with E-state index in [2.05, 4.69) is 10.3 Å². The number of imide groups is 1. The fraction of sp³-hybridized carbons (Fsp3) is 0.182. The summed E-state index contributed by atoms with van der Waals surface area (Å²) in [5.74, 6) is -2.44. The Morgan fingerprint density at radius 2 is 1.87 bits per heavy atom. The van der Waals surface area contributed by atoms with Crippen LogP contribution >= 0.6 is 0 Å². The molecule has 3 amide bonds. The van der Waals surface area contributed by atoms with Crippen molar-refractivity contribution < 1.29 is 23.2 Å². The number of fused-ring (bicyclic) bond motifs is 2. The Labute approximate surface area is 169 Å². The van der Waals surface area contributed by atoms with Gasteiger partial charge in [-0.2, -0.15) is 0 Å². The second-order valence-electron chi connectivity index (χ2n) is 7.42. The van der Waals surface area contributed by atoms with Gasteiger partial charge in [-0.15, -0.1) is 0 Å². The molecular formula is C22H15F2N3O3. The molecule has 1 saturated heterocycles. The van der Waals surface area contributed by atoms with Crippen molar-refractivity contribution in [3.8, 4) is 11.3 Å². The summed E-state index contributed by atoms with van der Waals surface area (Å²) in [5, 5.41) is 2.50. The molecule has 8 heteroatoms. The molecule has 1 atom stereocenters. The highest BCUT2D eigenvalue weighted by Gasteiger charge is 2.39. The maximum absolute atomic E-state index is 13.9. The summed E-state index contributed by atoms with van der Waals surface area (Å²) < 4.78 is 27.5. The number of hydrogen-bond acceptors (Lipinski definition) is 4. The first-order chi connectivity index (χ1) is 14.4. The zero-order valence-corrected chi connectivity index (χ0v) is 15.6. The van der Waals surface area contributed by atoms with Gasteiger partial charge in [-0.1, -0.05) is 6.07 Å². The van der Waals surface area contributed by atoms with E-state index in [1.807, 2.05) is 0 Å². The van der Waals surface area contributed by atoms with Crippen LogP contribution in [0.15, 0.2) is 42.5 Å². The summed E-state index contributed by atoms with van der Waals surface area (Å²) in [5.41, 5.74) is 2.63. The van der Waals surface area contributed by atoms with Gasteiger partial charge < -0.3 is 4.90 Å². The zero-order chi connectivity index (χ0) is 21.0. The molecule has 0 spiro atoms. The Bertz CT molecular complexity index is 1260. The van der Waals surface area contributed by atoms with Gasteiger partial charge in [-0.25, -0.2) is 13.8 Å². The lowest BCUT2D eigenvalue weighted by Gasteiger charge is -2.29. The van der Waals surface area contributed by atoms with Crippen LogP contribution in [0.1, 0.15) is 28.8 Å². The summed E-state index contributed by atoms with van der Waals surface area (Å²) >= 11 is 0. The average Bonchev–Trinajstić information content (AvgIpc) is 3.03. The predicted molar refractivity (Wildman–Crippen MR) is 103 cm³/mol. The van der Waals surface area contributed by atoms with Crippen LogP contribution in [-0.2, 0) is 16.1 Å². The highest BCUT2D eigenvalue weighted by molar-refractivity contribution is 6.05. The van der Waals surface area contributed by atoms with Crippen molar-refractivity contribution in [3.63, 3.8) is 0 Å². The number of aromatic nitrogens is 1. The molecule has 3 aromatic rings. The summed E-state index contributed by atoms with van der Waals surface area (Å²) in [6, 6.07) is 9.66. The molecule has 2 aliphatic rings. The normalized spacial score (nSPS) is 18.7. The molecule has 150 valence electrons. The quantitative estimate of drug-likeness (QED) is 0.663. The minimum Gasteiger partial charge on any atom is -0.322 e. The second-order valence-corrected chi connectivity index (χ2v) is 7.42. The minimum absolute atomic E-state index is 0.190. The van der Waals surface area contributed by atoms with Gasteiger partial charge in [-0.3, -0.25) is 19.7 Å². The van der Waals surface area contributed by atoms with E-state index in [1.165, 1.54) is 11.0 Å². The highest BCUT2D eigenvalue weighted by atomic mass is 19.1. The monoisotopic (exact) mass is 407 g/mol. The first-order valence-corrected chi connectivity index (χ1v) is 9.44. The lowest BCUT2D eigenvalue weighted by molar-refractivity contribution is -0.136. The van der Waals surface area contributed by atoms with Crippen LogP contribution in [0.4, 0.5) is 8.78 Å². The lowest BCUT2D eigenvalue weighted by atomic mass is 10.0. The number of halogens is 2. The average molecular weight is 407 g/mol. The molecule has 1 aromatic heterocycles. The first-order valence-electron chi connectivity index (χ1n) is 9.44. The van der Waals surface area contributed by atoms with E-state index >= 15 is 0 Å². The van der Waals surface area contributed by atoms with Gasteiger partial charge in [0.1, 0.15) is 17.7 Å². The van der Waals surface area contributed by atoms with Crippen molar-refractivity contribution >= 4 is 28.6 Å². The third-order valence-electron chi connectivity index (χ3n) is 5.54. The maximum Gasteiger partial charge on any atom is 0.255 e. The largest absolute Gasteiger partial charge is 0.322 e. The van der Waals surface area contributed by atoms with E-state index in [1.54, 1.807) is 30.3 Å². The molecule has 0 bridgehead atoms. The Morgan fingerprint density at radius 3 is 2.67 bits per heavy atom. The van der Waals surface area contributed by atoms with Gasteiger partial charge in [0.15, 0.2) is 0 Å². The van der Waals surface area contributed by atoms with Crippen LogP contribution in [0.2, 0.25) is 0 Å². The van der Waals surface area contributed by atoms with Gasteiger partial charge in [0.05, 0.1) is 11.2 Å². The summed E-state index contributed by atoms with van der Waals surface area (Å²) in [7, 11) is 0. The fourth-order valence-corrected chi connectivity index (χ4v) is 4.05. The molecule has 0 radical (unpaired) electrons. The molecule has 5 rings (SSSR count). The topological polar surface area (TPSA) is 79.4 Å². The highest BCUT2D eigenvalue weighted by Crippen LogP contribution is 2.31. The Hall–Kier alpha value is -3.68. The molecule has 2 aliphatic heterocycles. The van der Waals surface area contributed by atoms with E-state index in [9.17, 15) is 23.2 Å². The minimum atomic E-state index is -0.705. The van der Waals surface area contributed by atoms with Crippen molar-refractivity contribution in [2.24, 2.45) is 0 Å². The predicted octanol–water partition coefficient (Wildman–Crippen LogP) is 2.94. The van der Waals surface area contributed by atoms with Gasteiger partial charge in [-0.05, 0) is 36.2 Å². The second kappa shape index (κ2) is 6.69. The number of benzene rings is 2. The molecule has 1 fully saturated rings. The number of piperidine rings is 1. The Balaban J connectivity index is 1.48. The number of nitrogens with one attached hydrogen (secondary N) is 1. The molecule has 1 N–H and O–H groups in total. The maximum atomic E-state index is 13.9. The van der Waals surface area contributed by atoms with E-state index in [4.69, 9.17) is 0 Å². The number of carbonyl (C=O) groups is 3. The molecule has 0 saturated carbocycles. The van der Waals surface area contributed by atoms with Gasteiger partial charge in [0.25, 0.3) is 5.91 Å². The third-order valence-corrected chi connectivity index (χ3v) is 5.54. The number of nitrogens with zero attached hydrogens (tertiary/aromatic N) is 2. The Morgan fingerprint density at radius 1 is 1.03 bits per heavy atom. The van der Waals surface area contributed by atoms with Gasteiger partial charge in [0, 0.05) is 41.6 Å². The van der Waals surface area contributed by atoms with Crippen molar-refractivity contribution in [1.29, 1.82) is 0 Å². The molecule has 3 heterocycles. The van der Waals surface area contributed by atoms with E-state index in [0.29, 0.717) is 23.2 Å². The molecule has 1 unspecified atom stereocenters. The fourth-order valence-electron chi connectivity index (χ4n) is 4.05. The summed E-state index contributed by atoms with van der Waals surface area (Å²) in [6.07, 6.45) is 0.483. The van der Waals surface area contributed by atoms with E-state index in [0.717, 1.165) is 11.6 Å². The molecule has 30 heavy (non-hydrogen) atoms. The summed E-state index contributed by atoms with van der Waals surface area (Å²) in [6.45, 7) is 0.241. The molecular weight excluding hydrogens is 392 g/mol. The lowest BCUT2D eigenvalue weighted by Crippen LogP contribution is -2.52. The van der Waals surface area contributed by atoms with Crippen LogP contribution in [-0.4, -0.2) is 33.6 Å². The standard InChI is InChI=1S/C22H15F2N3O3/c23-13-8-16(24)15-3-4-17(25-18(15)9-13)11-1-2-14-12(7-11)10-27(22(14)30)19-5-6-20(28)26-21(19)29/h1-4,7-9,19H,5-6,10H2,(H,26,28,29). The number of rotatable bonds is 2. The van der Waals surface area contributed by atoms with Crippen molar-refractivity contribution in [2.75, 3.05) is 0 Å². The van der Waals surface area contributed by atoms with Crippen LogP contribution in [0.5, 0.6) is 0 Å². The van der Waals surface area contributed by atoms with Crippen LogP contribution in [0.3, 0.4) is 0 Å². The molecule has 6 nitrogen and oxygen atoms in total. The number of carbonyl (C=O) groups excluding carboxylic acids is 3. The molecule has 0 aliphatic carbocycles. The van der Waals surface area contributed by atoms with E-state index in [-0.39, 0.29) is 35.7 Å². The number of pyridine rings is 1. The number of amides is 3. The van der Waals surface area contributed by atoms with Gasteiger partial charge in [0.2, 0.25) is 11.8 Å². The van der Waals surface area contributed by atoms with Crippen molar-refractivity contribution in [3.05, 3.63) is 65.2 Å². The van der Waals surface area contributed by atoms with Crippen molar-refractivity contribution in [1.82, 2.24) is 15.2 Å². The van der Waals surface area contributed by atoms with Crippen LogP contribution < -0.4 is 5.32 Å². The van der Waals surface area contributed by atoms with Crippen LogP contribution in [0, 0.1) is 11.6 Å². The first kappa shape index (κ1) is 18.4. The number of hydrogen-bond donors (Lipinski definition) is 1. The summed E-state index contributed by atoms with van der Waals surface area (Å²) in [4.78, 5) is 42.2. The molecule has 2 aromatic carbocycles. The van der Waals surface area contributed by atoms with Gasteiger partial charge >= 0.3 is 0 Å². The smallest absolute Gasteiger partial charge is 0.255 e. The SMILES string of the molecule is O=C1CCC(N2Cc3cc(-c4ccc5c(F)cc(F)cc5n4)ccc3C2=O)C(=O)N1. The zero-order valence-electron chi connectivity index (χ0n) is 15.6. The van der Waals surface area contributed by atoms with Crippen LogP contribution in [0.25, 0.3) is 22.2 Å². The van der Waals surface area contributed by atoms with E-state index < -0.39 is 23.6 Å². The Kier molecular flexibility index (Phi) is 4.09.